The van der Waals surface area contributed by atoms with Crippen molar-refractivity contribution in [3.63, 3.8) is 0 Å². The normalized spacial score (nSPS) is 17.7. The third-order valence-corrected chi connectivity index (χ3v) is 4.88. The Labute approximate surface area is 117 Å². The van der Waals surface area contributed by atoms with Crippen molar-refractivity contribution in [3.8, 4) is 0 Å². The molecule has 0 aliphatic carbocycles. The van der Waals surface area contributed by atoms with Crippen molar-refractivity contribution in [2.45, 2.75) is 17.4 Å². The average molecular weight is 292 g/mol. The van der Waals surface area contributed by atoms with Crippen LogP contribution in [0.4, 0.5) is 5.69 Å². The van der Waals surface area contributed by atoms with E-state index in [0.717, 1.165) is 18.7 Å². The highest BCUT2D eigenvalue weighted by Gasteiger charge is 2.22. The second kappa shape index (κ2) is 5.26. The van der Waals surface area contributed by atoms with Gasteiger partial charge in [-0.2, -0.15) is 5.10 Å². The minimum absolute atomic E-state index is 0.0995. The van der Waals surface area contributed by atoms with E-state index in [4.69, 9.17) is 0 Å². The van der Waals surface area contributed by atoms with Gasteiger partial charge in [0.1, 0.15) is 0 Å². The van der Waals surface area contributed by atoms with Crippen molar-refractivity contribution < 1.29 is 8.42 Å². The molecule has 0 saturated carbocycles. The summed E-state index contributed by atoms with van der Waals surface area (Å²) in [5, 5.41) is 9.54. The van der Waals surface area contributed by atoms with Crippen LogP contribution in [0.15, 0.2) is 41.6 Å². The van der Waals surface area contributed by atoms with E-state index in [1.165, 1.54) is 17.8 Å². The molecular weight excluding hydrogens is 276 g/mol. The monoisotopic (exact) mass is 292 g/mol. The molecule has 0 fully saturated rings. The molecule has 2 aromatic rings. The zero-order valence-corrected chi connectivity index (χ0v) is 11.7. The first-order valence-corrected chi connectivity index (χ1v) is 7.97. The van der Waals surface area contributed by atoms with Crippen molar-refractivity contribution >= 4 is 15.7 Å². The van der Waals surface area contributed by atoms with Gasteiger partial charge in [0.15, 0.2) is 5.03 Å². The van der Waals surface area contributed by atoms with Crippen molar-refractivity contribution in [3.05, 3.63) is 42.1 Å². The fraction of sp³-hybridized carbons (Fsp3) is 0.308. The summed E-state index contributed by atoms with van der Waals surface area (Å²) >= 11 is 0. The highest BCUT2D eigenvalue weighted by Crippen LogP contribution is 2.32. The number of hydrogen-bond donors (Lipinski definition) is 3. The quantitative estimate of drug-likeness (QED) is 0.775. The largest absolute Gasteiger partial charge is 0.384 e. The molecule has 3 rings (SSSR count). The number of sulfonamides is 1. The molecule has 0 saturated heterocycles. The topological polar surface area (TPSA) is 86.9 Å². The molecule has 1 aromatic heterocycles. The summed E-state index contributed by atoms with van der Waals surface area (Å²) in [6.45, 7) is 1.26. The van der Waals surface area contributed by atoms with Crippen LogP contribution in [-0.4, -0.2) is 31.7 Å². The smallest absolute Gasteiger partial charge is 0.257 e. The number of nitrogens with zero attached hydrogens (tertiary/aromatic N) is 1. The Morgan fingerprint density at radius 2 is 2.15 bits per heavy atom. The molecule has 0 radical (unpaired) electrons. The molecule has 0 bridgehead atoms. The molecule has 1 aromatic carbocycles. The van der Waals surface area contributed by atoms with Crippen LogP contribution in [0, 0.1) is 0 Å². The standard InChI is InChI=1S/C13H16N4O2S/c18-20(19,13-6-7-15-17-13)16-8-5-10-9-14-12-4-2-1-3-11(10)12/h1-4,6-7,10,14,16H,5,8-9H2,(H,15,17). The third kappa shape index (κ3) is 2.54. The highest BCUT2D eigenvalue weighted by atomic mass is 32.2. The summed E-state index contributed by atoms with van der Waals surface area (Å²) < 4.78 is 26.4. The Hall–Kier alpha value is -1.86. The van der Waals surface area contributed by atoms with E-state index in [2.05, 4.69) is 26.3 Å². The number of benzene rings is 1. The summed E-state index contributed by atoms with van der Waals surface area (Å²) in [5.74, 6) is 0.343. The Morgan fingerprint density at radius 1 is 1.30 bits per heavy atom. The first kappa shape index (κ1) is 13.1. The number of H-pyrrole nitrogens is 1. The molecule has 6 nitrogen and oxygen atoms in total. The molecule has 2 heterocycles. The molecule has 1 atom stereocenters. The number of fused-ring (bicyclic) bond motifs is 1. The molecular formula is C13H16N4O2S. The van der Waals surface area contributed by atoms with Gasteiger partial charge in [-0.15, -0.1) is 0 Å². The van der Waals surface area contributed by atoms with Gasteiger partial charge in [-0.05, 0) is 24.1 Å². The Bertz CT molecular complexity index is 682. The van der Waals surface area contributed by atoms with Crippen LogP contribution in [0.5, 0.6) is 0 Å². The van der Waals surface area contributed by atoms with Crippen molar-refractivity contribution in [1.82, 2.24) is 14.9 Å². The molecule has 106 valence electrons. The lowest BCUT2D eigenvalue weighted by Gasteiger charge is -2.10. The van der Waals surface area contributed by atoms with Gasteiger partial charge >= 0.3 is 0 Å². The number of para-hydroxylation sites is 1. The summed E-state index contributed by atoms with van der Waals surface area (Å²) in [5.41, 5.74) is 2.40. The Balaban J connectivity index is 1.59. The number of aromatic nitrogens is 2. The van der Waals surface area contributed by atoms with Crippen LogP contribution in [0.1, 0.15) is 17.9 Å². The molecule has 1 unspecified atom stereocenters. The predicted octanol–water partition coefficient (Wildman–Crippen LogP) is 1.29. The number of hydrogen-bond acceptors (Lipinski definition) is 4. The van der Waals surface area contributed by atoms with E-state index in [0.29, 0.717) is 12.5 Å². The summed E-state index contributed by atoms with van der Waals surface area (Å²) in [7, 11) is -3.47. The average Bonchev–Trinajstić information content (AvgIpc) is 3.08. The van der Waals surface area contributed by atoms with Crippen molar-refractivity contribution in [2.75, 3.05) is 18.4 Å². The van der Waals surface area contributed by atoms with Crippen LogP contribution in [0.2, 0.25) is 0 Å². The molecule has 0 amide bonds. The second-order valence-corrected chi connectivity index (χ2v) is 6.51. The van der Waals surface area contributed by atoms with E-state index >= 15 is 0 Å². The van der Waals surface area contributed by atoms with Gasteiger partial charge in [0.2, 0.25) is 0 Å². The van der Waals surface area contributed by atoms with Gasteiger partial charge < -0.3 is 5.32 Å². The summed E-state index contributed by atoms with van der Waals surface area (Å²) in [6, 6.07) is 9.57. The van der Waals surface area contributed by atoms with E-state index in [9.17, 15) is 8.42 Å². The van der Waals surface area contributed by atoms with Crippen LogP contribution < -0.4 is 10.0 Å². The summed E-state index contributed by atoms with van der Waals surface area (Å²) in [4.78, 5) is 0. The van der Waals surface area contributed by atoms with Crippen LogP contribution in [-0.2, 0) is 10.0 Å². The van der Waals surface area contributed by atoms with Gasteiger partial charge in [-0.25, -0.2) is 13.1 Å². The zero-order chi connectivity index (χ0) is 14.0. The SMILES string of the molecule is O=S(=O)(NCCC1CNc2ccccc21)c1ccn[nH]1. The minimum atomic E-state index is -3.47. The predicted molar refractivity (Wildman–Crippen MR) is 76.1 cm³/mol. The van der Waals surface area contributed by atoms with E-state index in [1.54, 1.807) is 0 Å². The number of aromatic amines is 1. The molecule has 0 spiro atoms. The molecule has 3 N–H and O–H groups in total. The van der Waals surface area contributed by atoms with Gasteiger partial charge in [-0.1, -0.05) is 18.2 Å². The highest BCUT2D eigenvalue weighted by molar-refractivity contribution is 7.89. The van der Waals surface area contributed by atoms with E-state index < -0.39 is 10.0 Å². The lowest BCUT2D eigenvalue weighted by Crippen LogP contribution is -2.26. The number of nitrogens with one attached hydrogen (secondary N) is 3. The number of anilines is 1. The maximum Gasteiger partial charge on any atom is 0.257 e. The van der Waals surface area contributed by atoms with E-state index in [1.807, 2.05) is 18.2 Å². The minimum Gasteiger partial charge on any atom is -0.384 e. The zero-order valence-electron chi connectivity index (χ0n) is 10.8. The molecule has 7 heteroatoms. The van der Waals surface area contributed by atoms with Gasteiger partial charge in [0, 0.05) is 24.7 Å². The Kier molecular flexibility index (Phi) is 3.45. The van der Waals surface area contributed by atoms with Crippen LogP contribution >= 0.6 is 0 Å². The van der Waals surface area contributed by atoms with Crippen molar-refractivity contribution in [2.24, 2.45) is 0 Å². The molecule has 1 aliphatic rings. The molecule has 1 aliphatic heterocycles. The van der Waals surface area contributed by atoms with E-state index in [-0.39, 0.29) is 5.03 Å². The van der Waals surface area contributed by atoms with Gasteiger partial charge in [0.05, 0.1) is 6.20 Å². The second-order valence-electron chi connectivity index (χ2n) is 4.77. The lowest BCUT2D eigenvalue weighted by molar-refractivity contribution is 0.568. The van der Waals surface area contributed by atoms with Gasteiger partial charge in [0.25, 0.3) is 10.0 Å². The third-order valence-electron chi connectivity index (χ3n) is 3.49. The fourth-order valence-corrected chi connectivity index (χ4v) is 3.41. The maximum absolute atomic E-state index is 11.9. The number of rotatable bonds is 5. The van der Waals surface area contributed by atoms with Crippen LogP contribution in [0.25, 0.3) is 0 Å². The van der Waals surface area contributed by atoms with Crippen LogP contribution in [0.3, 0.4) is 0 Å². The van der Waals surface area contributed by atoms with Gasteiger partial charge in [-0.3, -0.25) is 5.10 Å². The molecule has 20 heavy (non-hydrogen) atoms. The maximum atomic E-state index is 11.9. The first-order chi connectivity index (χ1) is 9.67. The Morgan fingerprint density at radius 3 is 2.95 bits per heavy atom. The lowest BCUT2D eigenvalue weighted by atomic mass is 9.98. The fourth-order valence-electron chi connectivity index (χ4n) is 2.45. The van der Waals surface area contributed by atoms with Crippen molar-refractivity contribution in [1.29, 1.82) is 0 Å². The first-order valence-electron chi connectivity index (χ1n) is 6.49. The summed E-state index contributed by atoms with van der Waals surface area (Å²) in [6.07, 6.45) is 2.18.